The summed E-state index contributed by atoms with van der Waals surface area (Å²) in [4.78, 5) is 30.3. The molecule has 0 atom stereocenters. The molecular formula is C17H23N3O2. The number of Topliss-reactive ketones (excluding diaryl/α,β-unsaturated/α-hetero) is 1. The number of carbonyl (C=O) groups excluding carboxylic acids is 2. The highest BCUT2D eigenvalue weighted by Gasteiger charge is 2.24. The predicted octanol–water partition coefficient (Wildman–Crippen LogP) is 1.03. The summed E-state index contributed by atoms with van der Waals surface area (Å²) in [7, 11) is 2.11. The first-order valence-corrected chi connectivity index (χ1v) is 7.90. The summed E-state index contributed by atoms with van der Waals surface area (Å²) in [5, 5.41) is 0. The Kier molecular flexibility index (Phi) is 4.27. The molecule has 1 aromatic rings. The maximum Gasteiger partial charge on any atom is 0.223 e. The van der Waals surface area contributed by atoms with Gasteiger partial charge in [-0.05, 0) is 37.2 Å². The second-order valence-corrected chi connectivity index (χ2v) is 6.27. The molecule has 0 bridgehead atoms. The number of piperazine rings is 1. The van der Waals surface area contributed by atoms with Gasteiger partial charge in [0.1, 0.15) is 0 Å². The number of hydrogen-bond acceptors (Lipinski definition) is 4. The topological polar surface area (TPSA) is 43.9 Å². The van der Waals surface area contributed by atoms with Gasteiger partial charge in [0.2, 0.25) is 5.91 Å². The molecule has 118 valence electrons. The number of anilines is 1. The molecule has 0 aliphatic carbocycles. The van der Waals surface area contributed by atoms with Crippen molar-refractivity contribution in [1.29, 1.82) is 0 Å². The maximum atomic E-state index is 12.5. The van der Waals surface area contributed by atoms with Crippen LogP contribution >= 0.6 is 0 Å². The van der Waals surface area contributed by atoms with Gasteiger partial charge in [-0.1, -0.05) is 0 Å². The van der Waals surface area contributed by atoms with Gasteiger partial charge >= 0.3 is 0 Å². The molecule has 0 N–H and O–H groups in total. The number of rotatable bonds is 3. The lowest BCUT2D eigenvalue weighted by atomic mass is 10.0. The van der Waals surface area contributed by atoms with Crippen molar-refractivity contribution in [1.82, 2.24) is 9.80 Å². The lowest BCUT2D eigenvalue weighted by molar-refractivity contribution is -0.116. The van der Waals surface area contributed by atoms with Gasteiger partial charge in [-0.3, -0.25) is 14.5 Å². The number of nitrogens with zero attached hydrogens (tertiary/aromatic N) is 3. The standard InChI is InChI=1S/C17H23N3O2/c1-13(21)20-6-5-14-11-15(3-4-16(14)20)17(22)12-19-9-7-18(2)8-10-19/h3-4,11H,5-10,12H2,1-2H3. The van der Waals surface area contributed by atoms with Gasteiger partial charge in [-0.15, -0.1) is 0 Å². The van der Waals surface area contributed by atoms with Crippen LogP contribution in [0.15, 0.2) is 18.2 Å². The highest BCUT2D eigenvalue weighted by Crippen LogP contribution is 2.29. The fourth-order valence-electron chi connectivity index (χ4n) is 3.20. The van der Waals surface area contributed by atoms with Crippen LogP contribution < -0.4 is 4.90 Å². The number of likely N-dealkylation sites (N-methyl/N-ethyl adjacent to an activating group) is 1. The minimum atomic E-state index is 0.0651. The van der Waals surface area contributed by atoms with Gasteiger partial charge in [0.25, 0.3) is 0 Å². The molecule has 0 unspecified atom stereocenters. The summed E-state index contributed by atoms with van der Waals surface area (Å²) < 4.78 is 0. The fraction of sp³-hybridized carbons (Fsp3) is 0.529. The maximum absolute atomic E-state index is 12.5. The molecule has 1 aromatic carbocycles. The lowest BCUT2D eigenvalue weighted by Crippen LogP contribution is -2.46. The summed E-state index contributed by atoms with van der Waals surface area (Å²) >= 11 is 0. The van der Waals surface area contributed by atoms with Crippen molar-refractivity contribution in [3.05, 3.63) is 29.3 Å². The first kappa shape index (κ1) is 15.2. The predicted molar refractivity (Wildman–Crippen MR) is 86.4 cm³/mol. The normalized spacial score (nSPS) is 19.3. The van der Waals surface area contributed by atoms with E-state index in [4.69, 9.17) is 0 Å². The van der Waals surface area contributed by atoms with Gasteiger partial charge in [0.15, 0.2) is 5.78 Å². The Bertz CT molecular complexity index is 592. The smallest absolute Gasteiger partial charge is 0.223 e. The Morgan fingerprint density at radius 2 is 1.82 bits per heavy atom. The molecule has 2 heterocycles. The van der Waals surface area contributed by atoms with E-state index in [2.05, 4.69) is 16.8 Å². The molecule has 0 saturated carbocycles. The zero-order chi connectivity index (χ0) is 15.7. The van der Waals surface area contributed by atoms with E-state index in [0.29, 0.717) is 6.54 Å². The minimum Gasteiger partial charge on any atom is -0.312 e. The molecule has 1 amide bonds. The molecule has 5 nitrogen and oxygen atoms in total. The van der Waals surface area contributed by atoms with Crippen LogP contribution in [0.2, 0.25) is 0 Å². The van der Waals surface area contributed by atoms with Crippen LogP contribution in [0.25, 0.3) is 0 Å². The molecule has 1 fully saturated rings. The highest BCUT2D eigenvalue weighted by molar-refractivity contribution is 6.00. The van der Waals surface area contributed by atoms with E-state index >= 15 is 0 Å². The molecule has 3 rings (SSSR count). The van der Waals surface area contributed by atoms with Crippen LogP contribution in [0.3, 0.4) is 0 Å². The summed E-state index contributed by atoms with van der Waals surface area (Å²) in [6.07, 6.45) is 0.838. The summed E-state index contributed by atoms with van der Waals surface area (Å²) in [6, 6.07) is 5.75. The van der Waals surface area contributed by atoms with Crippen molar-refractivity contribution in [2.24, 2.45) is 0 Å². The molecule has 1 saturated heterocycles. The zero-order valence-corrected chi connectivity index (χ0v) is 13.3. The molecular weight excluding hydrogens is 278 g/mol. The highest BCUT2D eigenvalue weighted by atomic mass is 16.2. The Morgan fingerprint density at radius 1 is 1.09 bits per heavy atom. The first-order chi connectivity index (χ1) is 10.5. The largest absolute Gasteiger partial charge is 0.312 e. The number of ketones is 1. The average Bonchev–Trinajstić information content (AvgIpc) is 2.92. The third-order valence-corrected chi connectivity index (χ3v) is 4.64. The van der Waals surface area contributed by atoms with Gasteiger partial charge in [0.05, 0.1) is 6.54 Å². The van der Waals surface area contributed by atoms with E-state index in [-0.39, 0.29) is 11.7 Å². The van der Waals surface area contributed by atoms with Gasteiger partial charge in [0, 0.05) is 50.9 Å². The molecule has 2 aliphatic heterocycles. The van der Waals surface area contributed by atoms with Crippen molar-refractivity contribution in [3.8, 4) is 0 Å². The third kappa shape index (κ3) is 3.05. The average molecular weight is 301 g/mol. The van der Waals surface area contributed by atoms with Crippen LogP contribution in [0.5, 0.6) is 0 Å². The molecule has 0 radical (unpaired) electrons. The Balaban J connectivity index is 1.68. The molecule has 22 heavy (non-hydrogen) atoms. The number of hydrogen-bond donors (Lipinski definition) is 0. The number of amides is 1. The third-order valence-electron chi connectivity index (χ3n) is 4.64. The van der Waals surface area contributed by atoms with Crippen molar-refractivity contribution in [3.63, 3.8) is 0 Å². The Hall–Kier alpha value is -1.72. The van der Waals surface area contributed by atoms with E-state index in [1.807, 2.05) is 18.2 Å². The molecule has 5 heteroatoms. The quantitative estimate of drug-likeness (QED) is 0.782. The lowest BCUT2D eigenvalue weighted by Gasteiger charge is -2.31. The van der Waals surface area contributed by atoms with E-state index in [9.17, 15) is 9.59 Å². The Morgan fingerprint density at radius 3 is 2.50 bits per heavy atom. The second-order valence-electron chi connectivity index (χ2n) is 6.27. The van der Waals surface area contributed by atoms with Crippen molar-refractivity contribution in [2.45, 2.75) is 13.3 Å². The number of benzene rings is 1. The van der Waals surface area contributed by atoms with Crippen LogP contribution in [0.4, 0.5) is 5.69 Å². The van der Waals surface area contributed by atoms with E-state index < -0.39 is 0 Å². The monoisotopic (exact) mass is 301 g/mol. The van der Waals surface area contributed by atoms with E-state index in [0.717, 1.165) is 56.0 Å². The van der Waals surface area contributed by atoms with Crippen molar-refractivity contribution >= 4 is 17.4 Å². The SMILES string of the molecule is CC(=O)N1CCc2cc(C(=O)CN3CCN(C)CC3)ccc21. The zero-order valence-electron chi connectivity index (χ0n) is 13.3. The van der Waals surface area contributed by atoms with Crippen molar-refractivity contribution < 1.29 is 9.59 Å². The molecule has 0 spiro atoms. The molecule has 2 aliphatic rings. The Labute approximate surface area is 131 Å². The van der Waals surface area contributed by atoms with E-state index in [1.165, 1.54) is 0 Å². The summed E-state index contributed by atoms with van der Waals surface area (Å²) in [5.41, 5.74) is 2.84. The van der Waals surface area contributed by atoms with Crippen LogP contribution in [-0.4, -0.2) is 67.8 Å². The first-order valence-electron chi connectivity index (χ1n) is 7.90. The van der Waals surface area contributed by atoms with Gasteiger partial charge < -0.3 is 9.80 Å². The number of carbonyl (C=O) groups is 2. The fourth-order valence-corrected chi connectivity index (χ4v) is 3.20. The van der Waals surface area contributed by atoms with Crippen LogP contribution in [-0.2, 0) is 11.2 Å². The molecule has 0 aromatic heterocycles. The van der Waals surface area contributed by atoms with Crippen LogP contribution in [0.1, 0.15) is 22.8 Å². The number of fused-ring (bicyclic) bond motifs is 1. The van der Waals surface area contributed by atoms with Gasteiger partial charge in [-0.25, -0.2) is 0 Å². The van der Waals surface area contributed by atoms with E-state index in [1.54, 1.807) is 11.8 Å². The minimum absolute atomic E-state index is 0.0651. The second kappa shape index (κ2) is 6.18. The van der Waals surface area contributed by atoms with Crippen LogP contribution in [0, 0.1) is 0 Å². The van der Waals surface area contributed by atoms with Gasteiger partial charge in [-0.2, -0.15) is 0 Å². The van der Waals surface area contributed by atoms with Crippen molar-refractivity contribution in [2.75, 3.05) is 51.2 Å². The summed E-state index contributed by atoms with van der Waals surface area (Å²) in [5.74, 6) is 0.240. The summed E-state index contributed by atoms with van der Waals surface area (Å²) in [6.45, 7) is 6.73.